The number of rotatable bonds is 8. The summed E-state index contributed by atoms with van der Waals surface area (Å²) in [5, 5.41) is 3.24. The second kappa shape index (κ2) is 7.80. The van der Waals surface area contributed by atoms with Crippen molar-refractivity contribution in [2.24, 2.45) is 5.92 Å². The van der Waals surface area contributed by atoms with E-state index in [0.29, 0.717) is 17.4 Å². The highest BCUT2D eigenvalue weighted by Gasteiger charge is 2.17. The lowest BCUT2D eigenvalue weighted by molar-refractivity contribution is 0.495. The normalized spacial score (nSPS) is 16.2. The van der Waals surface area contributed by atoms with Gasteiger partial charge in [0.1, 0.15) is 0 Å². The van der Waals surface area contributed by atoms with Gasteiger partial charge in [-0.2, -0.15) is 0 Å². The summed E-state index contributed by atoms with van der Waals surface area (Å²) in [4.78, 5) is 0.343. The molecule has 1 aromatic rings. The summed E-state index contributed by atoms with van der Waals surface area (Å²) in [5.41, 5.74) is 0.960. The molecule has 21 heavy (non-hydrogen) atoms. The first-order valence-electron chi connectivity index (χ1n) is 7.95. The predicted molar refractivity (Wildman–Crippen MR) is 87.0 cm³/mol. The van der Waals surface area contributed by atoms with Crippen LogP contribution in [0.3, 0.4) is 0 Å². The molecule has 1 fully saturated rings. The zero-order chi connectivity index (χ0) is 15.1. The van der Waals surface area contributed by atoms with Gasteiger partial charge in [-0.15, -0.1) is 0 Å². The van der Waals surface area contributed by atoms with Crippen molar-refractivity contribution in [1.82, 2.24) is 4.72 Å². The molecule has 0 unspecified atom stereocenters. The second-order valence-corrected chi connectivity index (χ2v) is 7.56. The third-order valence-corrected chi connectivity index (χ3v) is 5.54. The Morgan fingerprint density at radius 2 is 1.76 bits per heavy atom. The molecule has 1 saturated carbocycles. The van der Waals surface area contributed by atoms with Crippen LogP contribution in [0.25, 0.3) is 0 Å². The van der Waals surface area contributed by atoms with Crippen molar-refractivity contribution in [1.29, 1.82) is 0 Å². The summed E-state index contributed by atoms with van der Waals surface area (Å²) in [5.74, 6) is 0.702. The average Bonchev–Trinajstić information content (AvgIpc) is 2.98. The molecule has 1 aliphatic rings. The molecule has 0 aliphatic heterocycles. The van der Waals surface area contributed by atoms with Crippen LogP contribution in [-0.2, 0) is 10.0 Å². The van der Waals surface area contributed by atoms with E-state index in [1.54, 1.807) is 12.1 Å². The molecule has 2 rings (SSSR count). The molecule has 0 saturated heterocycles. The Morgan fingerprint density at radius 1 is 1.10 bits per heavy atom. The Labute approximate surface area is 128 Å². The SMILES string of the molecule is CCCNc1ccc(S(=O)(=O)NCCC2CCCC2)cc1. The highest BCUT2D eigenvalue weighted by atomic mass is 32.2. The maximum absolute atomic E-state index is 12.2. The molecular formula is C16H26N2O2S. The minimum atomic E-state index is -3.37. The van der Waals surface area contributed by atoms with Crippen LogP contribution in [0.2, 0.25) is 0 Å². The quantitative estimate of drug-likeness (QED) is 0.774. The van der Waals surface area contributed by atoms with Crippen molar-refractivity contribution in [2.45, 2.75) is 50.3 Å². The smallest absolute Gasteiger partial charge is 0.240 e. The first kappa shape index (κ1) is 16.3. The number of hydrogen-bond donors (Lipinski definition) is 2. The Hall–Kier alpha value is -1.07. The van der Waals surface area contributed by atoms with Crippen LogP contribution in [0.5, 0.6) is 0 Å². The van der Waals surface area contributed by atoms with Crippen LogP contribution in [0.4, 0.5) is 5.69 Å². The van der Waals surface area contributed by atoms with Crippen LogP contribution in [0.1, 0.15) is 45.4 Å². The van der Waals surface area contributed by atoms with Gasteiger partial charge in [-0.25, -0.2) is 13.1 Å². The molecule has 2 N–H and O–H groups in total. The summed E-state index contributed by atoms with van der Waals surface area (Å²) < 4.78 is 27.1. The first-order chi connectivity index (χ1) is 10.1. The molecule has 0 bridgehead atoms. The largest absolute Gasteiger partial charge is 0.385 e. The Kier molecular flexibility index (Phi) is 6.06. The van der Waals surface area contributed by atoms with Crippen LogP contribution < -0.4 is 10.0 Å². The van der Waals surface area contributed by atoms with Crippen molar-refractivity contribution >= 4 is 15.7 Å². The van der Waals surface area contributed by atoms with Gasteiger partial charge in [0.2, 0.25) is 10.0 Å². The summed E-state index contributed by atoms with van der Waals surface area (Å²) in [6, 6.07) is 6.97. The third-order valence-electron chi connectivity index (χ3n) is 4.06. The molecule has 1 aliphatic carbocycles. The fourth-order valence-corrected chi connectivity index (χ4v) is 3.85. The van der Waals surface area contributed by atoms with Gasteiger partial charge in [0, 0.05) is 18.8 Å². The molecule has 0 radical (unpaired) electrons. The minimum Gasteiger partial charge on any atom is -0.385 e. The van der Waals surface area contributed by atoms with E-state index in [1.165, 1.54) is 25.7 Å². The van der Waals surface area contributed by atoms with Crippen molar-refractivity contribution in [2.75, 3.05) is 18.4 Å². The maximum atomic E-state index is 12.2. The van der Waals surface area contributed by atoms with Crippen molar-refractivity contribution < 1.29 is 8.42 Å². The number of hydrogen-bond acceptors (Lipinski definition) is 3. The van der Waals surface area contributed by atoms with Gasteiger partial charge in [0.05, 0.1) is 4.90 Å². The lowest BCUT2D eigenvalue weighted by Gasteiger charge is -2.11. The van der Waals surface area contributed by atoms with E-state index in [-0.39, 0.29) is 0 Å². The van der Waals surface area contributed by atoms with Crippen LogP contribution >= 0.6 is 0 Å². The van der Waals surface area contributed by atoms with Gasteiger partial charge >= 0.3 is 0 Å². The summed E-state index contributed by atoms with van der Waals surface area (Å²) in [6.07, 6.45) is 7.09. The highest BCUT2D eigenvalue weighted by Crippen LogP contribution is 2.27. The fraction of sp³-hybridized carbons (Fsp3) is 0.625. The maximum Gasteiger partial charge on any atom is 0.240 e. The first-order valence-corrected chi connectivity index (χ1v) is 9.44. The van der Waals surface area contributed by atoms with Crippen LogP contribution in [-0.4, -0.2) is 21.5 Å². The van der Waals surface area contributed by atoms with E-state index in [1.807, 2.05) is 12.1 Å². The van der Waals surface area contributed by atoms with Crippen LogP contribution in [0, 0.1) is 5.92 Å². The van der Waals surface area contributed by atoms with Gasteiger partial charge < -0.3 is 5.32 Å². The predicted octanol–water partition coefficient (Wildman–Crippen LogP) is 3.37. The average molecular weight is 310 g/mol. The van der Waals surface area contributed by atoms with Crippen LogP contribution in [0.15, 0.2) is 29.2 Å². The molecule has 5 heteroatoms. The molecule has 118 valence electrons. The van der Waals surface area contributed by atoms with E-state index in [0.717, 1.165) is 25.1 Å². The van der Waals surface area contributed by atoms with E-state index in [2.05, 4.69) is 17.0 Å². The Morgan fingerprint density at radius 3 is 2.38 bits per heavy atom. The van der Waals surface area contributed by atoms with E-state index < -0.39 is 10.0 Å². The standard InChI is InChI=1S/C16H26N2O2S/c1-2-12-17-15-7-9-16(10-8-15)21(19,20)18-13-11-14-5-3-4-6-14/h7-10,14,17-18H,2-6,11-13H2,1H3. The molecule has 4 nitrogen and oxygen atoms in total. The van der Waals surface area contributed by atoms with Crippen molar-refractivity contribution in [3.05, 3.63) is 24.3 Å². The van der Waals surface area contributed by atoms with Crippen molar-refractivity contribution in [3.8, 4) is 0 Å². The second-order valence-electron chi connectivity index (χ2n) is 5.79. The number of benzene rings is 1. The minimum absolute atomic E-state index is 0.343. The molecule has 0 aromatic heterocycles. The summed E-state index contributed by atoms with van der Waals surface area (Å²) >= 11 is 0. The summed E-state index contributed by atoms with van der Waals surface area (Å²) in [6.45, 7) is 3.54. The Bertz CT molecular complexity index is 520. The molecule has 0 heterocycles. The lowest BCUT2D eigenvalue weighted by Crippen LogP contribution is -2.25. The van der Waals surface area contributed by atoms with E-state index in [4.69, 9.17) is 0 Å². The van der Waals surface area contributed by atoms with E-state index in [9.17, 15) is 8.42 Å². The van der Waals surface area contributed by atoms with Gasteiger partial charge in [0.15, 0.2) is 0 Å². The zero-order valence-electron chi connectivity index (χ0n) is 12.8. The Balaban J connectivity index is 1.85. The zero-order valence-corrected chi connectivity index (χ0v) is 13.6. The number of sulfonamides is 1. The monoisotopic (exact) mass is 310 g/mol. The van der Waals surface area contributed by atoms with E-state index >= 15 is 0 Å². The topological polar surface area (TPSA) is 58.2 Å². The van der Waals surface area contributed by atoms with Gasteiger partial charge in [-0.1, -0.05) is 32.6 Å². The van der Waals surface area contributed by atoms with Gasteiger partial charge in [-0.3, -0.25) is 0 Å². The van der Waals surface area contributed by atoms with Gasteiger partial charge in [0.25, 0.3) is 0 Å². The molecule has 0 atom stereocenters. The molecular weight excluding hydrogens is 284 g/mol. The van der Waals surface area contributed by atoms with Crippen molar-refractivity contribution in [3.63, 3.8) is 0 Å². The van der Waals surface area contributed by atoms with Gasteiger partial charge in [-0.05, 0) is 43.0 Å². The fourth-order valence-electron chi connectivity index (χ4n) is 2.80. The number of anilines is 1. The highest BCUT2D eigenvalue weighted by molar-refractivity contribution is 7.89. The number of nitrogens with one attached hydrogen (secondary N) is 2. The third kappa shape index (κ3) is 5.00. The molecule has 0 spiro atoms. The summed E-state index contributed by atoms with van der Waals surface area (Å²) in [7, 11) is -3.37. The molecule has 1 aromatic carbocycles. The lowest BCUT2D eigenvalue weighted by atomic mass is 10.1. The molecule has 0 amide bonds.